The minimum absolute atomic E-state index is 0.0247. The second-order valence-electron chi connectivity index (χ2n) is 4.05. The first-order valence-corrected chi connectivity index (χ1v) is 6.40. The predicted molar refractivity (Wildman–Crippen MR) is 67.3 cm³/mol. The summed E-state index contributed by atoms with van der Waals surface area (Å²) in [5.41, 5.74) is 1.61. The van der Waals surface area contributed by atoms with Crippen molar-refractivity contribution < 1.29 is 17.9 Å². The molecule has 1 nitrogen and oxygen atoms in total. The Morgan fingerprint density at radius 1 is 1.28 bits per heavy atom. The third-order valence-corrected chi connectivity index (χ3v) is 4.14. The highest BCUT2D eigenvalue weighted by atomic mass is 32.2. The van der Waals surface area contributed by atoms with Crippen LogP contribution in [-0.4, -0.2) is 25.1 Å². The van der Waals surface area contributed by atoms with Gasteiger partial charge in [0.15, 0.2) is 0 Å². The van der Waals surface area contributed by atoms with Gasteiger partial charge < -0.3 is 4.74 Å². The molecule has 0 amide bonds. The van der Waals surface area contributed by atoms with Crippen LogP contribution in [-0.2, 0) is 4.74 Å². The van der Waals surface area contributed by atoms with Gasteiger partial charge in [0.1, 0.15) is 5.25 Å². The van der Waals surface area contributed by atoms with Gasteiger partial charge in [-0.15, -0.1) is 11.8 Å². The molecule has 0 bridgehead atoms. The number of halogens is 3. The van der Waals surface area contributed by atoms with Crippen LogP contribution in [0.15, 0.2) is 35.2 Å². The molecule has 0 saturated heterocycles. The molecule has 98 valence electrons. The maximum absolute atomic E-state index is 12.8. The summed E-state index contributed by atoms with van der Waals surface area (Å²) in [7, 11) is 1.50. The van der Waals surface area contributed by atoms with Crippen molar-refractivity contribution in [2.24, 2.45) is 0 Å². The topological polar surface area (TPSA) is 9.23 Å². The normalized spacial score (nSPS) is 20.6. The SMILES string of the molecule is COCC1=C(c2ccccc2)CC(C(F)(F)F)S1. The van der Waals surface area contributed by atoms with E-state index in [1.54, 1.807) is 0 Å². The zero-order chi connectivity index (χ0) is 13.2. The smallest absolute Gasteiger partial charge is 0.379 e. The van der Waals surface area contributed by atoms with Crippen LogP contribution in [0.2, 0.25) is 0 Å². The molecule has 2 rings (SSSR count). The Kier molecular flexibility index (Phi) is 4.02. The number of hydrogen-bond donors (Lipinski definition) is 0. The summed E-state index contributed by atoms with van der Waals surface area (Å²) in [5, 5.41) is -1.35. The molecule has 0 aliphatic carbocycles. The highest BCUT2D eigenvalue weighted by Gasteiger charge is 2.44. The second-order valence-corrected chi connectivity index (χ2v) is 5.35. The standard InChI is InChI=1S/C13H13F3OS/c1-17-8-11-10(9-5-3-2-4-6-9)7-12(18-11)13(14,15)16/h2-6,12H,7-8H2,1H3. The lowest BCUT2D eigenvalue weighted by atomic mass is 10.0. The van der Waals surface area contributed by atoms with Crippen LogP contribution >= 0.6 is 11.8 Å². The fourth-order valence-electron chi connectivity index (χ4n) is 1.94. The molecular formula is C13H13F3OS. The van der Waals surface area contributed by atoms with E-state index in [-0.39, 0.29) is 13.0 Å². The number of ether oxygens (including phenoxy) is 1. The quantitative estimate of drug-likeness (QED) is 0.820. The molecule has 1 aliphatic rings. The van der Waals surface area contributed by atoms with Gasteiger partial charge in [0.2, 0.25) is 0 Å². The van der Waals surface area contributed by atoms with Gasteiger partial charge in [0, 0.05) is 12.0 Å². The molecule has 1 atom stereocenters. The molecule has 0 N–H and O–H groups in total. The summed E-state index contributed by atoms with van der Waals surface area (Å²) in [6, 6.07) is 9.19. The zero-order valence-electron chi connectivity index (χ0n) is 9.83. The van der Waals surface area contributed by atoms with E-state index in [1.807, 2.05) is 30.3 Å². The largest absolute Gasteiger partial charge is 0.401 e. The molecule has 1 aliphatic heterocycles. The predicted octanol–water partition coefficient (Wildman–Crippen LogP) is 4.11. The molecule has 5 heteroatoms. The molecule has 0 saturated carbocycles. The number of hydrogen-bond acceptors (Lipinski definition) is 2. The summed E-state index contributed by atoms with van der Waals surface area (Å²) in [6.45, 7) is 0.238. The summed E-state index contributed by atoms with van der Waals surface area (Å²) in [6.07, 6.45) is -4.14. The molecule has 0 radical (unpaired) electrons. The first-order chi connectivity index (χ1) is 8.52. The molecule has 1 aromatic rings. The summed E-state index contributed by atoms with van der Waals surface area (Å²) in [4.78, 5) is 0.686. The van der Waals surface area contributed by atoms with Gasteiger partial charge in [-0.2, -0.15) is 13.2 Å². The maximum atomic E-state index is 12.8. The van der Waals surface area contributed by atoms with E-state index in [9.17, 15) is 13.2 Å². The van der Waals surface area contributed by atoms with E-state index in [0.717, 1.165) is 22.9 Å². The summed E-state index contributed by atoms with van der Waals surface area (Å²) < 4.78 is 43.3. The van der Waals surface area contributed by atoms with Gasteiger partial charge in [-0.3, -0.25) is 0 Å². The third-order valence-electron chi connectivity index (χ3n) is 2.77. The molecule has 0 aromatic heterocycles. The van der Waals surface area contributed by atoms with Crippen molar-refractivity contribution in [2.75, 3.05) is 13.7 Å². The van der Waals surface area contributed by atoms with E-state index in [1.165, 1.54) is 7.11 Å². The van der Waals surface area contributed by atoms with Crippen molar-refractivity contribution in [3.05, 3.63) is 40.8 Å². The highest BCUT2D eigenvalue weighted by molar-refractivity contribution is 8.04. The lowest BCUT2D eigenvalue weighted by molar-refractivity contribution is -0.127. The number of benzene rings is 1. The molecule has 1 aromatic carbocycles. The molecule has 0 spiro atoms. The van der Waals surface area contributed by atoms with Crippen molar-refractivity contribution >= 4 is 17.3 Å². The lowest BCUT2D eigenvalue weighted by Crippen LogP contribution is -2.23. The first-order valence-electron chi connectivity index (χ1n) is 5.52. The van der Waals surface area contributed by atoms with E-state index in [2.05, 4.69) is 0 Å². The van der Waals surface area contributed by atoms with Crippen LogP contribution in [0.25, 0.3) is 5.57 Å². The van der Waals surface area contributed by atoms with Crippen molar-refractivity contribution in [3.8, 4) is 0 Å². The van der Waals surface area contributed by atoms with E-state index >= 15 is 0 Å². The molecule has 1 heterocycles. The Hall–Kier alpha value is -0.940. The average molecular weight is 274 g/mol. The monoisotopic (exact) mass is 274 g/mol. The Balaban J connectivity index is 2.27. The average Bonchev–Trinajstić information content (AvgIpc) is 2.75. The Morgan fingerprint density at radius 2 is 1.94 bits per heavy atom. The van der Waals surface area contributed by atoms with Crippen LogP contribution in [0.4, 0.5) is 13.2 Å². The minimum atomic E-state index is -4.17. The van der Waals surface area contributed by atoms with Crippen LogP contribution in [0.1, 0.15) is 12.0 Å². The third kappa shape index (κ3) is 2.90. The van der Waals surface area contributed by atoms with Crippen molar-refractivity contribution in [1.82, 2.24) is 0 Å². The Bertz CT molecular complexity index is 439. The van der Waals surface area contributed by atoms with Gasteiger partial charge in [-0.1, -0.05) is 30.3 Å². The number of rotatable bonds is 3. The highest BCUT2D eigenvalue weighted by Crippen LogP contribution is 2.48. The van der Waals surface area contributed by atoms with Gasteiger partial charge in [-0.25, -0.2) is 0 Å². The van der Waals surface area contributed by atoms with Crippen molar-refractivity contribution in [1.29, 1.82) is 0 Å². The molecule has 1 unspecified atom stereocenters. The maximum Gasteiger partial charge on any atom is 0.401 e. The molecule has 18 heavy (non-hydrogen) atoms. The first kappa shape index (κ1) is 13.5. The zero-order valence-corrected chi connectivity index (χ0v) is 10.6. The molecular weight excluding hydrogens is 261 g/mol. The van der Waals surface area contributed by atoms with Crippen LogP contribution in [0, 0.1) is 0 Å². The van der Waals surface area contributed by atoms with E-state index in [0.29, 0.717) is 4.91 Å². The summed E-state index contributed by atoms with van der Waals surface area (Å²) in [5.74, 6) is 0. The van der Waals surface area contributed by atoms with E-state index < -0.39 is 11.4 Å². The molecule has 0 fully saturated rings. The van der Waals surface area contributed by atoms with Gasteiger partial charge in [0.25, 0.3) is 0 Å². The van der Waals surface area contributed by atoms with E-state index in [4.69, 9.17) is 4.74 Å². The van der Waals surface area contributed by atoms with Crippen LogP contribution in [0.5, 0.6) is 0 Å². The van der Waals surface area contributed by atoms with Crippen molar-refractivity contribution in [3.63, 3.8) is 0 Å². The van der Waals surface area contributed by atoms with Crippen LogP contribution < -0.4 is 0 Å². The second kappa shape index (κ2) is 5.36. The minimum Gasteiger partial charge on any atom is -0.379 e. The van der Waals surface area contributed by atoms with Crippen LogP contribution in [0.3, 0.4) is 0 Å². The summed E-state index contributed by atoms with van der Waals surface area (Å²) >= 11 is 0.875. The fraction of sp³-hybridized carbons (Fsp3) is 0.385. The van der Waals surface area contributed by atoms with Gasteiger partial charge >= 0.3 is 6.18 Å². The number of methoxy groups -OCH3 is 1. The number of alkyl halides is 3. The van der Waals surface area contributed by atoms with Gasteiger partial charge in [-0.05, 0) is 17.6 Å². The van der Waals surface area contributed by atoms with Crippen molar-refractivity contribution in [2.45, 2.75) is 17.8 Å². The number of allylic oxidation sites excluding steroid dienone is 1. The van der Waals surface area contributed by atoms with Gasteiger partial charge in [0.05, 0.1) is 6.61 Å². The number of thioether (sulfide) groups is 1. The lowest BCUT2D eigenvalue weighted by Gasteiger charge is -2.13. The fourth-order valence-corrected chi connectivity index (χ4v) is 3.19. The Morgan fingerprint density at radius 3 is 2.50 bits per heavy atom. The Labute approximate surface area is 108 Å².